The van der Waals surface area contributed by atoms with Crippen molar-refractivity contribution >= 4 is 0 Å². The van der Waals surface area contributed by atoms with Crippen LogP contribution in [0.2, 0.25) is 0 Å². The Morgan fingerprint density at radius 2 is 2.00 bits per heavy atom. The molecular formula is C12H19N. The summed E-state index contributed by atoms with van der Waals surface area (Å²) in [5.74, 6) is 1.54. The summed E-state index contributed by atoms with van der Waals surface area (Å²) in [6.07, 6.45) is 4.27. The minimum atomic E-state index is 0.745. The van der Waals surface area contributed by atoms with Gasteiger partial charge in [-0.15, -0.1) is 0 Å². The lowest BCUT2D eigenvalue weighted by Gasteiger charge is -2.12. The molecule has 0 bridgehead atoms. The molecule has 1 rings (SSSR count). The fourth-order valence-corrected chi connectivity index (χ4v) is 1.76. The molecule has 0 fully saturated rings. The number of hydrogen-bond acceptors (Lipinski definition) is 1. The van der Waals surface area contributed by atoms with Crippen molar-refractivity contribution in [2.45, 2.75) is 33.6 Å². The molecule has 0 aromatic carbocycles. The van der Waals surface area contributed by atoms with Crippen molar-refractivity contribution in [1.82, 2.24) is 4.98 Å². The Kier molecular flexibility index (Phi) is 3.94. The van der Waals surface area contributed by atoms with Crippen LogP contribution in [0.3, 0.4) is 0 Å². The third kappa shape index (κ3) is 4.07. The Morgan fingerprint density at radius 1 is 1.23 bits per heavy atom. The van der Waals surface area contributed by atoms with Crippen LogP contribution in [0.4, 0.5) is 0 Å². The molecule has 1 heterocycles. The van der Waals surface area contributed by atoms with Crippen molar-refractivity contribution in [1.29, 1.82) is 0 Å². The Bertz CT molecular complexity index is 228. The number of pyridine rings is 1. The first-order valence-electron chi connectivity index (χ1n) is 5.08. The van der Waals surface area contributed by atoms with Crippen molar-refractivity contribution in [3.05, 3.63) is 30.1 Å². The minimum absolute atomic E-state index is 0.745. The van der Waals surface area contributed by atoms with Crippen molar-refractivity contribution in [2.24, 2.45) is 11.8 Å². The van der Waals surface area contributed by atoms with Gasteiger partial charge in [-0.05, 0) is 36.8 Å². The molecule has 1 aromatic heterocycles. The molecule has 0 aliphatic heterocycles. The first-order chi connectivity index (χ1) is 6.18. The molecule has 0 saturated heterocycles. The van der Waals surface area contributed by atoms with E-state index in [9.17, 15) is 0 Å². The monoisotopic (exact) mass is 177 g/mol. The summed E-state index contributed by atoms with van der Waals surface area (Å²) >= 11 is 0. The zero-order valence-corrected chi connectivity index (χ0v) is 8.83. The van der Waals surface area contributed by atoms with E-state index in [1.165, 1.54) is 12.1 Å². The average molecular weight is 177 g/mol. The molecule has 1 heteroatoms. The summed E-state index contributed by atoms with van der Waals surface area (Å²) in [5, 5.41) is 0. The van der Waals surface area contributed by atoms with E-state index >= 15 is 0 Å². The molecule has 1 aromatic rings. The maximum absolute atomic E-state index is 4.33. The molecule has 0 spiro atoms. The molecular weight excluding hydrogens is 158 g/mol. The van der Waals surface area contributed by atoms with Gasteiger partial charge in [0, 0.05) is 11.9 Å². The van der Waals surface area contributed by atoms with E-state index in [-0.39, 0.29) is 0 Å². The predicted octanol–water partition coefficient (Wildman–Crippen LogP) is 3.31. The molecule has 13 heavy (non-hydrogen) atoms. The van der Waals surface area contributed by atoms with Crippen LogP contribution >= 0.6 is 0 Å². The van der Waals surface area contributed by atoms with Crippen LogP contribution in [0.5, 0.6) is 0 Å². The number of rotatable bonds is 4. The van der Waals surface area contributed by atoms with Crippen LogP contribution < -0.4 is 0 Å². The normalized spacial score (nSPS) is 13.2. The molecule has 0 amide bonds. The first kappa shape index (κ1) is 10.2. The van der Waals surface area contributed by atoms with Gasteiger partial charge in [0.1, 0.15) is 0 Å². The van der Waals surface area contributed by atoms with Gasteiger partial charge in [-0.2, -0.15) is 0 Å². The van der Waals surface area contributed by atoms with E-state index in [1.807, 2.05) is 12.3 Å². The van der Waals surface area contributed by atoms with E-state index in [1.54, 1.807) is 0 Å². The smallest absolute Gasteiger partial charge is 0.0406 e. The van der Waals surface area contributed by atoms with E-state index in [4.69, 9.17) is 0 Å². The van der Waals surface area contributed by atoms with Gasteiger partial charge >= 0.3 is 0 Å². The molecule has 72 valence electrons. The van der Waals surface area contributed by atoms with Gasteiger partial charge in [-0.25, -0.2) is 0 Å². The maximum Gasteiger partial charge on any atom is 0.0406 e. The zero-order valence-electron chi connectivity index (χ0n) is 8.83. The lowest BCUT2D eigenvalue weighted by Crippen LogP contribution is -2.04. The quantitative estimate of drug-likeness (QED) is 0.687. The Labute approximate surface area is 81.2 Å². The standard InChI is InChI=1S/C12H19N/c1-10(2)8-11(3)9-12-6-4-5-7-13-12/h4-7,10-11H,8-9H2,1-3H3. The number of aromatic nitrogens is 1. The number of nitrogens with zero attached hydrogens (tertiary/aromatic N) is 1. The van der Waals surface area contributed by atoms with Gasteiger partial charge in [0.25, 0.3) is 0 Å². The molecule has 0 N–H and O–H groups in total. The number of hydrogen-bond donors (Lipinski definition) is 0. The van der Waals surface area contributed by atoms with Crippen molar-refractivity contribution in [3.63, 3.8) is 0 Å². The summed E-state index contributed by atoms with van der Waals surface area (Å²) in [7, 11) is 0. The molecule has 0 aliphatic carbocycles. The van der Waals surface area contributed by atoms with Gasteiger partial charge in [-0.1, -0.05) is 26.8 Å². The van der Waals surface area contributed by atoms with Crippen LogP contribution in [-0.2, 0) is 6.42 Å². The fourth-order valence-electron chi connectivity index (χ4n) is 1.76. The second kappa shape index (κ2) is 5.00. The van der Waals surface area contributed by atoms with Crippen molar-refractivity contribution < 1.29 is 0 Å². The average Bonchev–Trinajstić information content (AvgIpc) is 2.04. The highest BCUT2D eigenvalue weighted by molar-refractivity contribution is 5.03. The Balaban J connectivity index is 2.41. The molecule has 1 nitrogen and oxygen atoms in total. The summed E-state index contributed by atoms with van der Waals surface area (Å²) in [6.45, 7) is 6.85. The summed E-state index contributed by atoms with van der Waals surface area (Å²) in [4.78, 5) is 4.33. The van der Waals surface area contributed by atoms with Gasteiger partial charge in [-0.3, -0.25) is 4.98 Å². The highest BCUT2D eigenvalue weighted by Crippen LogP contribution is 2.14. The van der Waals surface area contributed by atoms with E-state index in [2.05, 4.69) is 37.9 Å². The molecule has 0 aliphatic rings. The fraction of sp³-hybridized carbons (Fsp3) is 0.583. The maximum atomic E-state index is 4.33. The largest absolute Gasteiger partial charge is 0.261 e. The van der Waals surface area contributed by atoms with E-state index in [0.29, 0.717) is 0 Å². The lowest BCUT2D eigenvalue weighted by atomic mass is 9.94. The Hall–Kier alpha value is -0.850. The van der Waals surface area contributed by atoms with E-state index < -0.39 is 0 Å². The van der Waals surface area contributed by atoms with Crippen LogP contribution in [0.1, 0.15) is 32.9 Å². The molecule has 0 saturated carbocycles. The molecule has 1 unspecified atom stereocenters. The van der Waals surface area contributed by atoms with Gasteiger partial charge in [0.15, 0.2) is 0 Å². The summed E-state index contributed by atoms with van der Waals surface area (Å²) in [5.41, 5.74) is 1.22. The molecule has 1 atom stereocenters. The molecule has 0 radical (unpaired) electrons. The van der Waals surface area contributed by atoms with Crippen LogP contribution in [-0.4, -0.2) is 4.98 Å². The lowest BCUT2D eigenvalue weighted by molar-refractivity contribution is 0.434. The van der Waals surface area contributed by atoms with Crippen LogP contribution in [0.15, 0.2) is 24.4 Å². The van der Waals surface area contributed by atoms with Gasteiger partial charge in [0.2, 0.25) is 0 Å². The second-order valence-corrected chi connectivity index (χ2v) is 4.26. The third-order valence-electron chi connectivity index (χ3n) is 2.16. The zero-order chi connectivity index (χ0) is 9.68. The van der Waals surface area contributed by atoms with Gasteiger partial charge < -0.3 is 0 Å². The summed E-state index contributed by atoms with van der Waals surface area (Å²) in [6, 6.07) is 6.14. The third-order valence-corrected chi connectivity index (χ3v) is 2.16. The predicted molar refractivity (Wildman–Crippen MR) is 56.6 cm³/mol. The Morgan fingerprint density at radius 3 is 2.54 bits per heavy atom. The van der Waals surface area contributed by atoms with Crippen LogP contribution in [0, 0.1) is 11.8 Å². The first-order valence-corrected chi connectivity index (χ1v) is 5.08. The van der Waals surface area contributed by atoms with Crippen LogP contribution in [0.25, 0.3) is 0 Å². The van der Waals surface area contributed by atoms with Gasteiger partial charge in [0.05, 0.1) is 0 Å². The van der Waals surface area contributed by atoms with Crippen molar-refractivity contribution in [3.8, 4) is 0 Å². The SMILES string of the molecule is CC(C)CC(C)Cc1ccccn1. The van der Waals surface area contributed by atoms with Crippen molar-refractivity contribution in [2.75, 3.05) is 0 Å². The summed E-state index contributed by atoms with van der Waals surface area (Å²) < 4.78 is 0. The highest BCUT2D eigenvalue weighted by Gasteiger charge is 2.06. The highest BCUT2D eigenvalue weighted by atomic mass is 14.7. The van der Waals surface area contributed by atoms with E-state index in [0.717, 1.165) is 18.3 Å². The minimum Gasteiger partial charge on any atom is -0.261 e. The second-order valence-electron chi connectivity index (χ2n) is 4.26. The topological polar surface area (TPSA) is 12.9 Å².